The Morgan fingerprint density at radius 1 is 1.33 bits per heavy atom. The van der Waals surface area contributed by atoms with E-state index in [9.17, 15) is 9.59 Å². The highest BCUT2D eigenvalue weighted by Crippen LogP contribution is 2.25. The topological polar surface area (TPSA) is 74.8 Å². The number of nitrogens with zero attached hydrogens (tertiary/aromatic N) is 1. The fourth-order valence-corrected chi connectivity index (χ4v) is 1.79. The lowest BCUT2D eigenvalue weighted by Gasteiger charge is -2.10. The van der Waals surface area contributed by atoms with E-state index < -0.39 is 0 Å². The SMILES string of the molecule is CC(=O)Nc1cccc(-c2cnc[nH]c2=O)c1C. The van der Waals surface area contributed by atoms with Crippen molar-refractivity contribution in [3.63, 3.8) is 0 Å². The molecule has 2 N–H and O–H groups in total. The number of rotatable bonds is 2. The highest BCUT2D eigenvalue weighted by atomic mass is 16.1. The minimum atomic E-state index is -0.201. The van der Waals surface area contributed by atoms with Crippen LogP contribution in [-0.2, 0) is 4.79 Å². The van der Waals surface area contributed by atoms with Crippen molar-refractivity contribution in [3.05, 3.63) is 46.6 Å². The van der Waals surface area contributed by atoms with Crippen molar-refractivity contribution in [1.29, 1.82) is 0 Å². The molecule has 0 saturated carbocycles. The molecule has 5 heteroatoms. The van der Waals surface area contributed by atoms with Crippen LogP contribution in [0.4, 0.5) is 5.69 Å². The van der Waals surface area contributed by atoms with Gasteiger partial charge in [-0.05, 0) is 24.1 Å². The molecule has 0 aliphatic heterocycles. The molecule has 0 spiro atoms. The van der Waals surface area contributed by atoms with Crippen molar-refractivity contribution >= 4 is 11.6 Å². The number of hydrogen-bond acceptors (Lipinski definition) is 3. The molecule has 1 aromatic carbocycles. The average molecular weight is 243 g/mol. The first kappa shape index (κ1) is 12.0. The highest BCUT2D eigenvalue weighted by molar-refractivity contribution is 5.91. The lowest BCUT2D eigenvalue weighted by Crippen LogP contribution is -2.11. The van der Waals surface area contributed by atoms with E-state index in [1.165, 1.54) is 19.4 Å². The Kier molecular flexibility index (Phi) is 3.23. The number of amides is 1. The van der Waals surface area contributed by atoms with Crippen LogP contribution >= 0.6 is 0 Å². The summed E-state index contributed by atoms with van der Waals surface area (Å²) in [5.74, 6) is -0.143. The molecule has 18 heavy (non-hydrogen) atoms. The van der Waals surface area contributed by atoms with Crippen LogP contribution in [0.2, 0.25) is 0 Å². The molecule has 1 heterocycles. The van der Waals surface area contributed by atoms with Gasteiger partial charge in [0.1, 0.15) is 0 Å². The Morgan fingerprint density at radius 3 is 2.78 bits per heavy atom. The van der Waals surface area contributed by atoms with Gasteiger partial charge in [0.15, 0.2) is 0 Å². The first-order valence-corrected chi connectivity index (χ1v) is 5.50. The maximum atomic E-state index is 11.7. The fraction of sp³-hybridized carbons (Fsp3) is 0.154. The maximum absolute atomic E-state index is 11.7. The number of aromatic amines is 1. The molecular formula is C13H13N3O2. The molecule has 0 bridgehead atoms. The molecular weight excluding hydrogens is 230 g/mol. The van der Waals surface area contributed by atoms with Crippen molar-refractivity contribution in [1.82, 2.24) is 9.97 Å². The van der Waals surface area contributed by atoms with Crippen molar-refractivity contribution in [3.8, 4) is 11.1 Å². The Labute approximate surface area is 104 Å². The van der Waals surface area contributed by atoms with E-state index >= 15 is 0 Å². The van der Waals surface area contributed by atoms with Gasteiger partial charge in [-0.3, -0.25) is 9.59 Å². The third-order valence-electron chi connectivity index (χ3n) is 2.65. The summed E-state index contributed by atoms with van der Waals surface area (Å²) in [7, 11) is 0. The van der Waals surface area contributed by atoms with Gasteiger partial charge in [-0.25, -0.2) is 4.98 Å². The Hall–Kier alpha value is -2.43. The fourth-order valence-electron chi connectivity index (χ4n) is 1.79. The van der Waals surface area contributed by atoms with Gasteiger partial charge in [-0.2, -0.15) is 0 Å². The van der Waals surface area contributed by atoms with Gasteiger partial charge in [0.05, 0.1) is 11.9 Å². The number of aromatic nitrogens is 2. The molecule has 0 radical (unpaired) electrons. The lowest BCUT2D eigenvalue weighted by molar-refractivity contribution is -0.114. The predicted molar refractivity (Wildman–Crippen MR) is 69.3 cm³/mol. The van der Waals surface area contributed by atoms with Crippen LogP contribution in [0.5, 0.6) is 0 Å². The third-order valence-corrected chi connectivity index (χ3v) is 2.65. The summed E-state index contributed by atoms with van der Waals surface area (Å²) in [5, 5.41) is 2.73. The van der Waals surface area contributed by atoms with E-state index in [0.29, 0.717) is 11.3 Å². The summed E-state index contributed by atoms with van der Waals surface area (Å²) in [6.07, 6.45) is 2.86. The number of carbonyl (C=O) groups is 1. The van der Waals surface area contributed by atoms with Gasteiger partial charge in [0, 0.05) is 18.8 Å². The Morgan fingerprint density at radius 2 is 2.11 bits per heavy atom. The predicted octanol–water partition coefficient (Wildman–Crippen LogP) is 1.70. The van der Waals surface area contributed by atoms with E-state index in [1.807, 2.05) is 13.0 Å². The number of carbonyl (C=O) groups excluding carboxylic acids is 1. The number of benzene rings is 1. The van der Waals surface area contributed by atoms with Crippen molar-refractivity contribution in [2.24, 2.45) is 0 Å². The summed E-state index contributed by atoms with van der Waals surface area (Å²) < 4.78 is 0. The summed E-state index contributed by atoms with van der Waals surface area (Å²) >= 11 is 0. The van der Waals surface area contributed by atoms with Gasteiger partial charge in [0.25, 0.3) is 5.56 Å². The zero-order chi connectivity index (χ0) is 13.1. The number of anilines is 1. The van der Waals surface area contributed by atoms with Crippen LogP contribution in [0.1, 0.15) is 12.5 Å². The van der Waals surface area contributed by atoms with Crippen molar-refractivity contribution < 1.29 is 4.79 Å². The van der Waals surface area contributed by atoms with Gasteiger partial charge in [0.2, 0.25) is 5.91 Å². The van der Waals surface area contributed by atoms with E-state index in [1.54, 1.807) is 12.1 Å². The van der Waals surface area contributed by atoms with E-state index in [2.05, 4.69) is 15.3 Å². The molecule has 0 atom stereocenters. The van der Waals surface area contributed by atoms with Gasteiger partial charge in [-0.15, -0.1) is 0 Å². The molecule has 0 saturated heterocycles. The van der Waals surface area contributed by atoms with Crippen molar-refractivity contribution in [2.45, 2.75) is 13.8 Å². The standard InChI is InChI=1S/C13H13N3O2/c1-8-10(11-6-14-7-15-13(11)18)4-3-5-12(8)16-9(2)17/h3-7H,1-2H3,(H,16,17)(H,14,15,18). The molecule has 0 unspecified atom stereocenters. The normalized spacial score (nSPS) is 10.1. The van der Waals surface area contributed by atoms with Crippen LogP contribution in [0, 0.1) is 6.92 Å². The molecule has 2 rings (SSSR count). The Balaban J connectivity index is 2.56. The van der Waals surface area contributed by atoms with E-state index in [4.69, 9.17) is 0 Å². The third kappa shape index (κ3) is 2.29. The minimum absolute atomic E-state index is 0.143. The molecule has 1 aromatic heterocycles. The molecule has 92 valence electrons. The Bertz CT molecular complexity index is 647. The molecule has 0 aliphatic carbocycles. The monoisotopic (exact) mass is 243 g/mol. The van der Waals surface area contributed by atoms with Crippen LogP contribution in [0.25, 0.3) is 11.1 Å². The largest absolute Gasteiger partial charge is 0.326 e. The van der Waals surface area contributed by atoms with Crippen molar-refractivity contribution in [2.75, 3.05) is 5.32 Å². The van der Waals surface area contributed by atoms with Gasteiger partial charge < -0.3 is 10.3 Å². The molecule has 2 aromatic rings. The van der Waals surface area contributed by atoms with E-state index in [-0.39, 0.29) is 11.5 Å². The lowest BCUT2D eigenvalue weighted by atomic mass is 10.0. The summed E-state index contributed by atoms with van der Waals surface area (Å²) in [4.78, 5) is 29.3. The molecule has 1 amide bonds. The second-order valence-corrected chi connectivity index (χ2v) is 3.95. The summed E-state index contributed by atoms with van der Waals surface area (Å²) in [5.41, 5.74) is 2.58. The maximum Gasteiger partial charge on any atom is 0.258 e. The minimum Gasteiger partial charge on any atom is -0.326 e. The van der Waals surface area contributed by atoms with Crippen LogP contribution in [-0.4, -0.2) is 15.9 Å². The number of nitrogens with one attached hydrogen (secondary N) is 2. The van der Waals surface area contributed by atoms with Crippen LogP contribution in [0.3, 0.4) is 0 Å². The number of H-pyrrole nitrogens is 1. The number of hydrogen-bond donors (Lipinski definition) is 2. The zero-order valence-electron chi connectivity index (χ0n) is 10.2. The zero-order valence-corrected chi connectivity index (χ0v) is 10.2. The first-order chi connectivity index (χ1) is 8.59. The molecule has 0 aliphatic rings. The summed E-state index contributed by atoms with van der Waals surface area (Å²) in [6.45, 7) is 3.30. The molecule has 5 nitrogen and oxygen atoms in total. The average Bonchev–Trinajstić information content (AvgIpc) is 2.32. The van der Waals surface area contributed by atoms with Crippen LogP contribution in [0.15, 0.2) is 35.5 Å². The first-order valence-electron chi connectivity index (χ1n) is 5.50. The quantitative estimate of drug-likeness (QED) is 0.843. The van der Waals surface area contributed by atoms with Crippen LogP contribution < -0.4 is 10.9 Å². The second-order valence-electron chi connectivity index (χ2n) is 3.95. The van der Waals surface area contributed by atoms with Gasteiger partial charge in [-0.1, -0.05) is 12.1 Å². The van der Waals surface area contributed by atoms with Gasteiger partial charge >= 0.3 is 0 Å². The summed E-state index contributed by atoms with van der Waals surface area (Å²) in [6, 6.07) is 5.41. The molecule has 0 fully saturated rings. The second kappa shape index (κ2) is 4.83. The van der Waals surface area contributed by atoms with E-state index in [0.717, 1.165) is 11.1 Å². The smallest absolute Gasteiger partial charge is 0.258 e. The highest BCUT2D eigenvalue weighted by Gasteiger charge is 2.09.